The normalized spacial score (nSPS) is 15.8. The molecule has 2 heterocycles. The van der Waals surface area contributed by atoms with Crippen molar-refractivity contribution in [2.75, 3.05) is 32.7 Å². The molecule has 1 aliphatic heterocycles. The average Bonchev–Trinajstić information content (AvgIpc) is 2.60. The first-order valence-electron chi connectivity index (χ1n) is 8.69. The number of hydrogen-bond acceptors (Lipinski definition) is 3. The number of aryl methyl sites for hydroxylation is 2. The third-order valence-electron chi connectivity index (χ3n) is 4.90. The Labute approximate surface area is 142 Å². The van der Waals surface area contributed by atoms with E-state index in [-0.39, 0.29) is 11.5 Å². The first-order chi connectivity index (χ1) is 11.6. The zero-order valence-electron chi connectivity index (χ0n) is 14.5. The van der Waals surface area contributed by atoms with Gasteiger partial charge in [-0.05, 0) is 43.0 Å². The number of carbonyl (C=O) groups excluding carboxylic acids is 1. The molecule has 0 radical (unpaired) electrons. The van der Waals surface area contributed by atoms with Gasteiger partial charge in [-0.2, -0.15) is 0 Å². The predicted molar refractivity (Wildman–Crippen MR) is 96.3 cm³/mol. The summed E-state index contributed by atoms with van der Waals surface area (Å²) in [6.07, 6.45) is 1.23. The summed E-state index contributed by atoms with van der Waals surface area (Å²) in [5.74, 6) is 0.225. The van der Waals surface area contributed by atoms with Crippen molar-refractivity contribution in [3.63, 3.8) is 0 Å². The zero-order valence-corrected chi connectivity index (χ0v) is 14.5. The summed E-state index contributed by atoms with van der Waals surface area (Å²) in [5.41, 5.74) is 2.59. The van der Waals surface area contributed by atoms with Crippen LogP contribution in [0.1, 0.15) is 24.5 Å². The van der Waals surface area contributed by atoms with Crippen LogP contribution < -0.4 is 5.56 Å². The van der Waals surface area contributed by atoms with Crippen molar-refractivity contribution >= 4 is 16.8 Å². The molecule has 0 spiro atoms. The lowest BCUT2D eigenvalue weighted by molar-refractivity contribution is -0.132. The molecule has 1 N–H and O–H groups in total. The summed E-state index contributed by atoms with van der Waals surface area (Å²) in [4.78, 5) is 31.4. The van der Waals surface area contributed by atoms with Crippen molar-refractivity contribution in [3.05, 3.63) is 45.7 Å². The van der Waals surface area contributed by atoms with Gasteiger partial charge < -0.3 is 14.8 Å². The molecular weight excluding hydrogens is 302 g/mol. The van der Waals surface area contributed by atoms with Gasteiger partial charge in [-0.25, -0.2) is 0 Å². The molecule has 0 atom stereocenters. The van der Waals surface area contributed by atoms with Gasteiger partial charge in [-0.3, -0.25) is 9.59 Å². The number of amides is 1. The molecule has 128 valence electrons. The smallest absolute Gasteiger partial charge is 0.251 e. The van der Waals surface area contributed by atoms with E-state index in [1.807, 2.05) is 36.1 Å². The molecular formula is C19H25N3O2. The second-order valence-electron chi connectivity index (χ2n) is 6.52. The molecule has 0 saturated carbocycles. The molecule has 1 saturated heterocycles. The van der Waals surface area contributed by atoms with E-state index in [0.717, 1.165) is 54.8 Å². The molecule has 1 amide bonds. The Hall–Kier alpha value is -2.14. The Bertz CT molecular complexity index is 789. The maximum Gasteiger partial charge on any atom is 0.251 e. The molecule has 0 bridgehead atoms. The summed E-state index contributed by atoms with van der Waals surface area (Å²) in [5, 5.41) is 1.03. The van der Waals surface area contributed by atoms with Crippen LogP contribution in [0, 0.1) is 6.92 Å². The van der Waals surface area contributed by atoms with Crippen molar-refractivity contribution in [3.8, 4) is 0 Å². The number of aromatic nitrogens is 1. The maximum atomic E-state index is 12.4. The summed E-state index contributed by atoms with van der Waals surface area (Å²) in [7, 11) is 0. The molecule has 3 rings (SSSR count). The molecule has 1 aromatic heterocycles. The number of benzene rings is 1. The monoisotopic (exact) mass is 327 g/mol. The predicted octanol–water partition coefficient (Wildman–Crippen LogP) is 1.93. The van der Waals surface area contributed by atoms with Gasteiger partial charge in [0, 0.05) is 43.7 Å². The van der Waals surface area contributed by atoms with Crippen molar-refractivity contribution in [1.82, 2.24) is 14.8 Å². The molecule has 1 aromatic carbocycles. The Morgan fingerprint density at radius 2 is 1.92 bits per heavy atom. The van der Waals surface area contributed by atoms with E-state index in [0.29, 0.717) is 12.8 Å². The number of carbonyl (C=O) groups is 1. The number of pyridine rings is 1. The number of aromatic amines is 1. The second kappa shape index (κ2) is 7.18. The Morgan fingerprint density at radius 1 is 1.17 bits per heavy atom. The van der Waals surface area contributed by atoms with E-state index >= 15 is 0 Å². The SMILES string of the molecule is CCN1CCN(C(=O)CCc2ccc3cc(C)c(=O)[nH]c3c2)CC1. The average molecular weight is 327 g/mol. The lowest BCUT2D eigenvalue weighted by atomic mass is 10.1. The van der Waals surface area contributed by atoms with Gasteiger partial charge in [0.1, 0.15) is 0 Å². The van der Waals surface area contributed by atoms with Crippen molar-refractivity contribution in [2.24, 2.45) is 0 Å². The maximum absolute atomic E-state index is 12.4. The van der Waals surface area contributed by atoms with E-state index in [4.69, 9.17) is 0 Å². The number of fused-ring (bicyclic) bond motifs is 1. The lowest BCUT2D eigenvalue weighted by Crippen LogP contribution is -2.48. The Kier molecular flexibility index (Phi) is 5.00. The number of rotatable bonds is 4. The van der Waals surface area contributed by atoms with Crippen LogP contribution in [-0.4, -0.2) is 53.4 Å². The molecule has 24 heavy (non-hydrogen) atoms. The van der Waals surface area contributed by atoms with Crippen LogP contribution in [0.5, 0.6) is 0 Å². The molecule has 1 fully saturated rings. The van der Waals surface area contributed by atoms with Crippen molar-refractivity contribution < 1.29 is 4.79 Å². The highest BCUT2D eigenvalue weighted by Gasteiger charge is 2.19. The van der Waals surface area contributed by atoms with Gasteiger partial charge in [0.2, 0.25) is 5.91 Å². The first kappa shape index (κ1) is 16.7. The van der Waals surface area contributed by atoms with Crippen LogP contribution in [0.3, 0.4) is 0 Å². The highest BCUT2D eigenvalue weighted by Crippen LogP contribution is 2.15. The van der Waals surface area contributed by atoms with Gasteiger partial charge in [-0.1, -0.05) is 19.1 Å². The fraction of sp³-hybridized carbons (Fsp3) is 0.474. The van der Waals surface area contributed by atoms with Crippen LogP contribution in [-0.2, 0) is 11.2 Å². The minimum atomic E-state index is -0.0514. The summed E-state index contributed by atoms with van der Waals surface area (Å²) >= 11 is 0. The van der Waals surface area contributed by atoms with Crippen LogP contribution in [0.25, 0.3) is 10.9 Å². The van der Waals surface area contributed by atoms with Gasteiger partial charge in [0.25, 0.3) is 5.56 Å². The highest BCUT2D eigenvalue weighted by atomic mass is 16.2. The van der Waals surface area contributed by atoms with Gasteiger partial charge >= 0.3 is 0 Å². The largest absolute Gasteiger partial charge is 0.340 e. The summed E-state index contributed by atoms with van der Waals surface area (Å²) in [6.45, 7) is 8.62. The molecule has 0 aliphatic carbocycles. The third-order valence-corrected chi connectivity index (χ3v) is 4.90. The number of hydrogen-bond donors (Lipinski definition) is 1. The molecule has 5 nitrogen and oxygen atoms in total. The van der Waals surface area contributed by atoms with Crippen molar-refractivity contribution in [1.29, 1.82) is 0 Å². The number of likely N-dealkylation sites (N-methyl/N-ethyl adjacent to an activating group) is 1. The van der Waals surface area contributed by atoms with Gasteiger partial charge in [-0.15, -0.1) is 0 Å². The summed E-state index contributed by atoms with van der Waals surface area (Å²) < 4.78 is 0. The van der Waals surface area contributed by atoms with E-state index in [1.165, 1.54) is 0 Å². The quantitative estimate of drug-likeness (QED) is 0.933. The highest BCUT2D eigenvalue weighted by molar-refractivity contribution is 5.80. The van der Waals surface area contributed by atoms with Crippen LogP contribution in [0.2, 0.25) is 0 Å². The molecule has 1 aliphatic rings. The Morgan fingerprint density at radius 3 is 2.62 bits per heavy atom. The molecule has 5 heteroatoms. The lowest BCUT2D eigenvalue weighted by Gasteiger charge is -2.34. The van der Waals surface area contributed by atoms with Gasteiger partial charge in [0.05, 0.1) is 0 Å². The number of H-pyrrole nitrogens is 1. The van der Waals surface area contributed by atoms with Crippen LogP contribution in [0.15, 0.2) is 29.1 Å². The molecule has 0 unspecified atom stereocenters. The fourth-order valence-electron chi connectivity index (χ4n) is 3.24. The van der Waals surface area contributed by atoms with Crippen LogP contribution in [0.4, 0.5) is 0 Å². The van der Waals surface area contributed by atoms with E-state index in [1.54, 1.807) is 0 Å². The first-order valence-corrected chi connectivity index (χ1v) is 8.69. The number of nitrogens with zero attached hydrogens (tertiary/aromatic N) is 2. The minimum absolute atomic E-state index is 0.0514. The van der Waals surface area contributed by atoms with E-state index in [2.05, 4.69) is 16.8 Å². The zero-order chi connectivity index (χ0) is 17.1. The number of nitrogens with one attached hydrogen (secondary N) is 1. The van der Waals surface area contributed by atoms with Crippen molar-refractivity contribution in [2.45, 2.75) is 26.7 Å². The number of piperazine rings is 1. The fourth-order valence-corrected chi connectivity index (χ4v) is 3.24. The topological polar surface area (TPSA) is 56.4 Å². The van der Waals surface area contributed by atoms with Crippen LogP contribution >= 0.6 is 0 Å². The molecule has 2 aromatic rings. The van der Waals surface area contributed by atoms with E-state index < -0.39 is 0 Å². The summed E-state index contributed by atoms with van der Waals surface area (Å²) in [6, 6.07) is 7.94. The Balaban J connectivity index is 1.62. The van der Waals surface area contributed by atoms with Gasteiger partial charge in [0.15, 0.2) is 0 Å². The van der Waals surface area contributed by atoms with E-state index in [9.17, 15) is 9.59 Å². The standard InChI is InChI=1S/C19H25N3O2/c1-3-21-8-10-22(11-9-21)18(23)7-5-15-4-6-16-12-14(2)19(24)20-17(16)13-15/h4,6,12-13H,3,5,7-11H2,1-2H3,(H,20,24). The third kappa shape index (κ3) is 3.67. The second-order valence-corrected chi connectivity index (χ2v) is 6.52. The minimum Gasteiger partial charge on any atom is -0.340 e.